The molecule has 0 saturated heterocycles. The first kappa shape index (κ1) is 23.7. The fourth-order valence-corrected chi connectivity index (χ4v) is 6.59. The van der Waals surface area contributed by atoms with Gasteiger partial charge in [0.15, 0.2) is 0 Å². The van der Waals surface area contributed by atoms with Gasteiger partial charge < -0.3 is 0 Å². The maximum atomic E-state index is 2.43. The Labute approximate surface area is 241 Å². The highest BCUT2D eigenvalue weighted by Gasteiger charge is 2.31. The molecule has 7 aromatic rings. The molecular weight excluding hydrogens is 492 g/mol. The lowest BCUT2D eigenvalue weighted by atomic mass is 9.85. The van der Waals surface area contributed by atoms with Gasteiger partial charge in [0.1, 0.15) is 0 Å². The van der Waals surface area contributed by atoms with Crippen LogP contribution < -0.4 is 0 Å². The van der Waals surface area contributed by atoms with Crippen LogP contribution in [-0.4, -0.2) is 0 Å². The lowest BCUT2D eigenvalue weighted by molar-refractivity contribution is 1.02. The van der Waals surface area contributed by atoms with E-state index >= 15 is 0 Å². The van der Waals surface area contributed by atoms with Crippen molar-refractivity contribution in [3.63, 3.8) is 0 Å². The van der Waals surface area contributed by atoms with Gasteiger partial charge in [-0.15, -0.1) is 0 Å². The maximum absolute atomic E-state index is 2.43. The molecular formula is C41H28. The Morgan fingerprint density at radius 1 is 0.317 bits per heavy atom. The molecule has 0 atom stereocenters. The van der Waals surface area contributed by atoms with E-state index in [0.717, 1.165) is 0 Å². The molecule has 0 bridgehead atoms. The summed E-state index contributed by atoms with van der Waals surface area (Å²) < 4.78 is 0. The van der Waals surface area contributed by atoms with E-state index < -0.39 is 0 Å². The van der Waals surface area contributed by atoms with Crippen LogP contribution in [0.1, 0.15) is 22.6 Å². The normalized spacial score (nSPS) is 12.3. The zero-order valence-corrected chi connectivity index (χ0v) is 22.7. The van der Waals surface area contributed by atoms with Gasteiger partial charge in [-0.25, -0.2) is 0 Å². The molecule has 1 aliphatic carbocycles. The Hall–Kier alpha value is -5.20. The predicted molar refractivity (Wildman–Crippen MR) is 173 cm³/mol. The van der Waals surface area contributed by atoms with E-state index in [0.29, 0.717) is 0 Å². The standard InChI is InChI=1S/C41H28/c1-4-12-28(13-5-1)31-20-22-36-39(25-31)40-26-32(29-14-6-2-7-15-29)21-23-37(40)41(36)34-24-33-18-10-11-19-35(33)38(27-34)30-16-8-3-9-17-30/h1-27,41H. The summed E-state index contributed by atoms with van der Waals surface area (Å²) in [6, 6.07) is 60.0. The summed E-state index contributed by atoms with van der Waals surface area (Å²) in [7, 11) is 0. The highest BCUT2D eigenvalue weighted by Crippen LogP contribution is 2.51. The van der Waals surface area contributed by atoms with Gasteiger partial charge in [-0.05, 0) is 90.2 Å². The second kappa shape index (κ2) is 9.77. The minimum absolute atomic E-state index is 0.168. The van der Waals surface area contributed by atoms with E-state index in [9.17, 15) is 0 Å². The van der Waals surface area contributed by atoms with Gasteiger partial charge in [0.2, 0.25) is 0 Å². The van der Waals surface area contributed by atoms with E-state index in [4.69, 9.17) is 0 Å². The summed E-state index contributed by atoms with van der Waals surface area (Å²) in [4.78, 5) is 0. The van der Waals surface area contributed by atoms with Gasteiger partial charge in [0, 0.05) is 5.92 Å². The van der Waals surface area contributed by atoms with Gasteiger partial charge in [-0.1, -0.05) is 146 Å². The zero-order valence-electron chi connectivity index (χ0n) is 22.7. The van der Waals surface area contributed by atoms with Crippen molar-refractivity contribution >= 4 is 10.8 Å². The average Bonchev–Trinajstić information content (AvgIpc) is 3.38. The van der Waals surface area contributed by atoms with Gasteiger partial charge in [0.25, 0.3) is 0 Å². The van der Waals surface area contributed by atoms with Crippen LogP contribution in [0.15, 0.2) is 164 Å². The average molecular weight is 521 g/mol. The van der Waals surface area contributed by atoms with Crippen molar-refractivity contribution in [2.75, 3.05) is 0 Å². The van der Waals surface area contributed by atoms with E-state index in [1.54, 1.807) is 0 Å². The van der Waals surface area contributed by atoms with Crippen LogP contribution in [0.3, 0.4) is 0 Å². The number of hydrogen-bond acceptors (Lipinski definition) is 0. The van der Waals surface area contributed by atoms with Crippen molar-refractivity contribution < 1.29 is 0 Å². The Morgan fingerprint density at radius 3 is 1.37 bits per heavy atom. The first-order valence-electron chi connectivity index (χ1n) is 14.3. The van der Waals surface area contributed by atoms with Crippen LogP contribution in [0, 0.1) is 0 Å². The molecule has 0 fully saturated rings. The van der Waals surface area contributed by atoms with Gasteiger partial charge in [-0.3, -0.25) is 0 Å². The van der Waals surface area contributed by atoms with Crippen LogP contribution in [0.5, 0.6) is 0 Å². The zero-order chi connectivity index (χ0) is 27.2. The smallest absolute Gasteiger partial charge is 0.0352 e. The van der Waals surface area contributed by atoms with Crippen molar-refractivity contribution in [2.45, 2.75) is 5.92 Å². The second-order valence-corrected chi connectivity index (χ2v) is 10.9. The fraction of sp³-hybridized carbons (Fsp3) is 0.0244. The first-order chi connectivity index (χ1) is 20.3. The summed E-state index contributed by atoms with van der Waals surface area (Å²) in [5.41, 5.74) is 14.3. The number of hydrogen-bond donors (Lipinski definition) is 0. The minimum atomic E-state index is 0.168. The molecule has 0 amide bonds. The summed E-state index contributed by atoms with van der Waals surface area (Å²) in [6.07, 6.45) is 0. The third kappa shape index (κ3) is 4.08. The van der Waals surface area contributed by atoms with E-state index in [1.807, 2.05) is 0 Å². The molecule has 8 rings (SSSR count). The lowest BCUT2D eigenvalue weighted by Gasteiger charge is -2.18. The van der Waals surface area contributed by atoms with Crippen LogP contribution in [0.4, 0.5) is 0 Å². The SMILES string of the molecule is c1ccc(-c2ccc3c(c2)-c2cc(-c4ccccc4)ccc2C3c2cc(-c3ccccc3)c3ccccc3c2)cc1. The number of rotatable bonds is 4. The third-order valence-electron chi connectivity index (χ3n) is 8.54. The molecule has 0 N–H and O–H groups in total. The quantitative estimate of drug-likeness (QED) is 0.216. The molecule has 0 aliphatic heterocycles. The number of benzene rings is 7. The van der Waals surface area contributed by atoms with E-state index in [2.05, 4.69) is 164 Å². The van der Waals surface area contributed by atoms with Crippen LogP contribution >= 0.6 is 0 Å². The van der Waals surface area contributed by atoms with Gasteiger partial charge in [0.05, 0.1) is 0 Å². The molecule has 0 aromatic heterocycles. The van der Waals surface area contributed by atoms with Crippen molar-refractivity contribution in [3.8, 4) is 44.5 Å². The molecule has 0 heterocycles. The van der Waals surface area contributed by atoms with Crippen molar-refractivity contribution in [2.24, 2.45) is 0 Å². The highest BCUT2D eigenvalue weighted by molar-refractivity contribution is 5.98. The minimum Gasteiger partial charge on any atom is -0.0622 e. The predicted octanol–water partition coefficient (Wildman–Crippen LogP) is 11.0. The van der Waals surface area contributed by atoms with Crippen LogP contribution in [0.25, 0.3) is 55.3 Å². The molecule has 0 unspecified atom stereocenters. The summed E-state index contributed by atoms with van der Waals surface area (Å²) in [6.45, 7) is 0. The third-order valence-corrected chi connectivity index (χ3v) is 8.54. The summed E-state index contributed by atoms with van der Waals surface area (Å²) in [5.74, 6) is 0.168. The molecule has 7 aromatic carbocycles. The number of fused-ring (bicyclic) bond motifs is 4. The Bertz CT molecular complexity index is 1930. The molecule has 0 radical (unpaired) electrons. The molecule has 0 heteroatoms. The summed E-state index contributed by atoms with van der Waals surface area (Å²) >= 11 is 0. The van der Waals surface area contributed by atoms with Crippen LogP contribution in [-0.2, 0) is 0 Å². The largest absolute Gasteiger partial charge is 0.0622 e. The maximum Gasteiger partial charge on any atom is 0.0352 e. The first-order valence-corrected chi connectivity index (χ1v) is 14.3. The molecule has 0 nitrogen and oxygen atoms in total. The Balaban J connectivity index is 1.37. The lowest BCUT2D eigenvalue weighted by Crippen LogP contribution is -2.00. The highest BCUT2D eigenvalue weighted by atomic mass is 14.3. The Morgan fingerprint density at radius 2 is 0.805 bits per heavy atom. The molecule has 192 valence electrons. The molecule has 41 heavy (non-hydrogen) atoms. The second-order valence-electron chi connectivity index (χ2n) is 10.9. The van der Waals surface area contributed by atoms with E-state index in [1.165, 1.54) is 72.0 Å². The van der Waals surface area contributed by atoms with Crippen molar-refractivity contribution in [1.29, 1.82) is 0 Å². The Kier molecular flexibility index (Phi) is 5.64. The molecule has 0 saturated carbocycles. The summed E-state index contributed by atoms with van der Waals surface area (Å²) in [5, 5.41) is 2.57. The molecule has 0 spiro atoms. The van der Waals surface area contributed by atoms with Crippen molar-refractivity contribution in [1.82, 2.24) is 0 Å². The van der Waals surface area contributed by atoms with Crippen LogP contribution in [0.2, 0.25) is 0 Å². The topological polar surface area (TPSA) is 0 Å². The fourth-order valence-electron chi connectivity index (χ4n) is 6.59. The molecule has 1 aliphatic rings. The van der Waals surface area contributed by atoms with E-state index in [-0.39, 0.29) is 5.92 Å². The van der Waals surface area contributed by atoms with Crippen molar-refractivity contribution in [3.05, 3.63) is 180 Å². The van der Waals surface area contributed by atoms with Gasteiger partial charge in [-0.2, -0.15) is 0 Å². The van der Waals surface area contributed by atoms with Gasteiger partial charge >= 0.3 is 0 Å². The monoisotopic (exact) mass is 520 g/mol.